The zero-order valence-electron chi connectivity index (χ0n) is 12.5. The van der Waals surface area contributed by atoms with E-state index in [2.05, 4.69) is 4.99 Å². The molecule has 0 heterocycles. The Kier molecular flexibility index (Phi) is 3.81. The van der Waals surface area contributed by atoms with E-state index in [4.69, 9.17) is 5.11 Å². The van der Waals surface area contributed by atoms with Gasteiger partial charge in [0.15, 0.2) is 0 Å². The molecule has 0 amide bonds. The Morgan fingerprint density at radius 3 is 2.61 bits per heavy atom. The molecule has 0 saturated carbocycles. The molecule has 0 aromatic heterocycles. The van der Waals surface area contributed by atoms with Gasteiger partial charge in [0.05, 0.1) is 11.3 Å². The zero-order valence-corrected chi connectivity index (χ0v) is 12.5. The van der Waals surface area contributed by atoms with E-state index in [1.165, 1.54) is 0 Å². The van der Waals surface area contributed by atoms with E-state index in [0.717, 1.165) is 10.8 Å². The highest BCUT2D eigenvalue weighted by molar-refractivity contribution is 6.03. The summed E-state index contributed by atoms with van der Waals surface area (Å²) in [4.78, 5) is 15.6. The minimum absolute atomic E-state index is 0.138. The van der Waals surface area contributed by atoms with Gasteiger partial charge in [-0.15, -0.1) is 0 Å². The Bertz CT molecular complexity index is 929. The van der Waals surface area contributed by atoms with Gasteiger partial charge in [-0.3, -0.25) is 4.99 Å². The molecule has 114 valence electrons. The maximum Gasteiger partial charge on any atom is 0.336 e. The Hall–Kier alpha value is -3.14. The van der Waals surface area contributed by atoms with Gasteiger partial charge in [-0.2, -0.15) is 0 Å². The van der Waals surface area contributed by atoms with Crippen LogP contribution in [0, 0.1) is 6.92 Å². The molecule has 0 unspecified atom stereocenters. The molecule has 0 aliphatic rings. The smallest absolute Gasteiger partial charge is 0.336 e. The lowest BCUT2D eigenvalue weighted by Crippen LogP contribution is -1.99. The molecule has 3 aromatic carbocycles. The van der Waals surface area contributed by atoms with Crippen LogP contribution in [0.5, 0.6) is 5.75 Å². The van der Waals surface area contributed by atoms with E-state index in [1.54, 1.807) is 37.4 Å². The number of hydrogen-bond donors (Lipinski definition) is 2. The van der Waals surface area contributed by atoms with Crippen molar-refractivity contribution in [1.29, 1.82) is 0 Å². The van der Waals surface area contributed by atoms with Crippen LogP contribution >= 0.6 is 0 Å². The number of carbonyl (C=O) groups is 1. The minimum Gasteiger partial charge on any atom is -0.507 e. The van der Waals surface area contributed by atoms with Crippen molar-refractivity contribution >= 4 is 28.6 Å². The average molecular weight is 305 g/mol. The van der Waals surface area contributed by atoms with E-state index in [1.807, 2.05) is 30.3 Å². The normalized spacial score (nSPS) is 11.2. The number of aromatic carboxylic acids is 1. The van der Waals surface area contributed by atoms with Crippen LogP contribution in [0.25, 0.3) is 10.8 Å². The fourth-order valence-electron chi connectivity index (χ4n) is 2.55. The van der Waals surface area contributed by atoms with Crippen molar-refractivity contribution < 1.29 is 15.0 Å². The standard InChI is InChI=1S/C19H15NO3/c1-12-14(19(22)23)7-4-8-17(12)20-11-16-15-6-3-2-5-13(15)9-10-18(16)21/h2-11,21H,1H3,(H,22,23). The highest BCUT2D eigenvalue weighted by Crippen LogP contribution is 2.27. The number of benzene rings is 3. The number of aromatic hydroxyl groups is 1. The van der Waals surface area contributed by atoms with Crippen LogP contribution < -0.4 is 0 Å². The number of nitrogens with zero attached hydrogens (tertiary/aromatic N) is 1. The molecule has 0 aliphatic carbocycles. The lowest BCUT2D eigenvalue weighted by atomic mass is 10.0. The van der Waals surface area contributed by atoms with Gasteiger partial charge < -0.3 is 10.2 Å². The number of phenols is 1. The third kappa shape index (κ3) is 2.79. The molecule has 0 spiro atoms. The topological polar surface area (TPSA) is 69.9 Å². The van der Waals surface area contributed by atoms with Crippen LogP contribution in [0.3, 0.4) is 0 Å². The summed E-state index contributed by atoms with van der Waals surface area (Å²) in [5.74, 6) is -0.841. The molecule has 0 aliphatic heterocycles. The highest BCUT2D eigenvalue weighted by atomic mass is 16.4. The SMILES string of the molecule is Cc1c(N=Cc2c(O)ccc3ccccc23)cccc1C(=O)O. The van der Waals surface area contributed by atoms with Crippen molar-refractivity contribution in [2.75, 3.05) is 0 Å². The minimum atomic E-state index is -0.979. The second kappa shape index (κ2) is 5.93. The van der Waals surface area contributed by atoms with Gasteiger partial charge in [-0.05, 0) is 41.5 Å². The average Bonchev–Trinajstić information content (AvgIpc) is 2.55. The van der Waals surface area contributed by atoms with Crippen molar-refractivity contribution in [3.8, 4) is 5.75 Å². The maximum atomic E-state index is 11.2. The number of hydrogen-bond acceptors (Lipinski definition) is 3. The van der Waals surface area contributed by atoms with Gasteiger partial charge in [0.2, 0.25) is 0 Å². The quantitative estimate of drug-likeness (QED) is 0.709. The third-order valence-electron chi connectivity index (χ3n) is 3.82. The third-order valence-corrected chi connectivity index (χ3v) is 3.82. The van der Waals surface area contributed by atoms with E-state index in [-0.39, 0.29) is 11.3 Å². The van der Waals surface area contributed by atoms with Crippen molar-refractivity contribution in [2.24, 2.45) is 4.99 Å². The fraction of sp³-hybridized carbons (Fsp3) is 0.0526. The van der Waals surface area contributed by atoms with Crippen LogP contribution in [0.2, 0.25) is 0 Å². The first-order valence-corrected chi connectivity index (χ1v) is 7.15. The first-order valence-electron chi connectivity index (χ1n) is 7.15. The van der Waals surface area contributed by atoms with Gasteiger partial charge >= 0.3 is 5.97 Å². The molecule has 0 fully saturated rings. The van der Waals surface area contributed by atoms with E-state index < -0.39 is 5.97 Å². The summed E-state index contributed by atoms with van der Waals surface area (Å²) in [5, 5.41) is 21.2. The summed E-state index contributed by atoms with van der Waals surface area (Å²) in [6.45, 7) is 1.72. The predicted molar refractivity (Wildman–Crippen MR) is 91.0 cm³/mol. The molecular weight excluding hydrogens is 290 g/mol. The lowest BCUT2D eigenvalue weighted by Gasteiger charge is -2.06. The number of carboxylic acid groups (broad SMARTS) is 1. The van der Waals surface area contributed by atoms with Crippen LogP contribution in [0.15, 0.2) is 59.6 Å². The van der Waals surface area contributed by atoms with Crippen LogP contribution in [-0.4, -0.2) is 22.4 Å². The summed E-state index contributed by atoms with van der Waals surface area (Å²) in [7, 11) is 0. The van der Waals surface area contributed by atoms with Gasteiger partial charge in [0.25, 0.3) is 0 Å². The summed E-state index contributed by atoms with van der Waals surface area (Å²) >= 11 is 0. The van der Waals surface area contributed by atoms with Crippen LogP contribution in [0.4, 0.5) is 5.69 Å². The molecule has 3 aromatic rings. The van der Waals surface area contributed by atoms with Gasteiger partial charge in [-0.25, -0.2) is 4.79 Å². The number of phenolic OH excluding ortho intramolecular Hbond substituents is 1. The van der Waals surface area contributed by atoms with Gasteiger partial charge in [0.1, 0.15) is 5.75 Å². The monoisotopic (exact) mass is 305 g/mol. The summed E-state index contributed by atoms with van der Waals surface area (Å²) in [6, 6.07) is 16.1. The molecule has 0 bridgehead atoms. The Morgan fingerprint density at radius 1 is 1.04 bits per heavy atom. The van der Waals surface area contributed by atoms with Crippen molar-refractivity contribution in [1.82, 2.24) is 0 Å². The summed E-state index contributed by atoms with van der Waals surface area (Å²) < 4.78 is 0. The molecule has 4 heteroatoms. The number of aliphatic imine (C=N–C) groups is 1. The van der Waals surface area contributed by atoms with Crippen molar-refractivity contribution in [3.05, 3.63) is 71.3 Å². The molecule has 23 heavy (non-hydrogen) atoms. The van der Waals surface area contributed by atoms with Gasteiger partial charge in [-0.1, -0.05) is 36.4 Å². The number of rotatable bonds is 3. The molecule has 3 rings (SSSR count). The van der Waals surface area contributed by atoms with E-state index in [9.17, 15) is 9.90 Å². The van der Waals surface area contributed by atoms with Crippen molar-refractivity contribution in [3.63, 3.8) is 0 Å². The molecular formula is C19H15NO3. The second-order valence-electron chi connectivity index (χ2n) is 5.23. The van der Waals surface area contributed by atoms with Crippen LogP contribution in [0.1, 0.15) is 21.5 Å². The lowest BCUT2D eigenvalue weighted by molar-refractivity contribution is 0.0696. The molecule has 0 radical (unpaired) electrons. The molecule has 0 saturated heterocycles. The van der Waals surface area contributed by atoms with E-state index >= 15 is 0 Å². The molecule has 2 N–H and O–H groups in total. The van der Waals surface area contributed by atoms with Gasteiger partial charge in [0, 0.05) is 11.8 Å². The van der Waals surface area contributed by atoms with Crippen LogP contribution in [-0.2, 0) is 0 Å². The highest BCUT2D eigenvalue weighted by Gasteiger charge is 2.10. The number of carboxylic acids is 1. The summed E-state index contributed by atoms with van der Waals surface area (Å²) in [5.41, 5.74) is 2.00. The first-order chi connectivity index (χ1) is 11.1. The number of fused-ring (bicyclic) bond motifs is 1. The summed E-state index contributed by atoms with van der Waals surface area (Å²) in [6.07, 6.45) is 1.58. The largest absolute Gasteiger partial charge is 0.507 e. The zero-order chi connectivity index (χ0) is 16.4. The predicted octanol–water partition coefficient (Wildman–Crippen LogP) is 4.30. The Labute approximate surface area is 133 Å². The Morgan fingerprint density at radius 2 is 1.83 bits per heavy atom. The Balaban J connectivity index is 2.10. The fourth-order valence-corrected chi connectivity index (χ4v) is 2.55. The molecule has 4 nitrogen and oxygen atoms in total. The first kappa shape index (κ1) is 14.8. The van der Waals surface area contributed by atoms with E-state index in [0.29, 0.717) is 16.8 Å². The maximum absolute atomic E-state index is 11.2. The van der Waals surface area contributed by atoms with Crippen molar-refractivity contribution in [2.45, 2.75) is 6.92 Å². The molecule has 0 atom stereocenters. The second-order valence-corrected chi connectivity index (χ2v) is 5.23.